The van der Waals surface area contributed by atoms with E-state index in [-0.39, 0.29) is 6.09 Å². The molecule has 2 unspecified atom stereocenters. The Bertz CT molecular complexity index is 305. The van der Waals surface area contributed by atoms with Crippen LogP contribution in [0.2, 0.25) is 0 Å². The lowest BCUT2D eigenvalue weighted by atomic mass is 10.2. The highest BCUT2D eigenvalue weighted by Crippen LogP contribution is 2.16. The summed E-state index contributed by atoms with van der Waals surface area (Å²) in [5.41, 5.74) is -0.409. The summed E-state index contributed by atoms with van der Waals surface area (Å²) in [6.07, 6.45) is 2.02. The van der Waals surface area contributed by atoms with Gasteiger partial charge in [-0.3, -0.25) is 0 Å². The van der Waals surface area contributed by atoms with Crippen LogP contribution in [0.15, 0.2) is 0 Å². The maximum atomic E-state index is 12.0. The topological polar surface area (TPSA) is 41.6 Å². The molecule has 1 amide bonds. The first-order chi connectivity index (χ1) is 9.31. The standard InChI is InChI=1S/C15H30N2O2S/c1-6-20-10-8-12(2)16-13-7-9-17(11-13)14(18)19-15(3,4)5/h12-13,16H,6-11H2,1-5H3. The van der Waals surface area contributed by atoms with E-state index in [2.05, 4.69) is 19.2 Å². The highest BCUT2D eigenvalue weighted by Gasteiger charge is 2.30. The molecule has 0 spiro atoms. The average Bonchev–Trinajstić information content (AvgIpc) is 2.75. The van der Waals surface area contributed by atoms with Gasteiger partial charge in [0.2, 0.25) is 0 Å². The summed E-state index contributed by atoms with van der Waals surface area (Å²) in [7, 11) is 0. The molecule has 0 aliphatic carbocycles. The zero-order valence-corrected chi connectivity index (χ0v) is 14.4. The van der Waals surface area contributed by atoms with Crippen molar-refractivity contribution in [3.8, 4) is 0 Å². The third-order valence-electron chi connectivity index (χ3n) is 3.26. The molecule has 4 nitrogen and oxygen atoms in total. The Kier molecular flexibility index (Phi) is 7.17. The van der Waals surface area contributed by atoms with Crippen molar-refractivity contribution in [2.24, 2.45) is 0 Å². The van der Waals surface area contributed by atoms with E-state index in [1.165, 1.54) is 17.9 Å². The van der Waals surface area contributed by atoms with E-state index < -0.39 is 5.60 Å². The monoisotopic (exact) mass is 302 g/mol. The second-order valence-corrected chi connectivity index (χ2v) is 7.86. The molecule has 0 aromatic carbocycles. The van der Waals surface area contributed by atoms with Crippen molar-refractivity contribution in [1.82, 2.24) is 10.2 Å². The smallest absolute Gasteiger partial charge is 0.410 e. The summed E-state index contributed by atoms with van der Waals surface area (Å²) in [5, 5.41) is 3.62. The molecule has 0 saturated carbocycles. The van der Waals surface area contributed by atoms with E-state index in [0.717, 1.165) is 19.5 Å². The number of thioether (sulfide) groups is 1. The lowest BCUT2D eigenvalue weighted by Crippen LogP contribution is -2.41. The van der Waals surface area contributed by atoms with Crippen molar-refractivity contribution >= 4 is 17.9 Å². The van der Waals surface area contributed by atoms with Crippen LogP contribution in [-0.2, 0) is 4.74 Å². The van der Waals surface area contributed by atoms with Gasteiger partial charge < -0.3 is 15.0 Å². The molecule has 1 aliphatic rings. The zero-order chi connectivity index (χ0) is 15.2. The quantitative estimate of drug-likeness (QED) is 0.766. The first-order valence-corrected chi connectivity index (χ1v) is 8.79. The van der Waals surface area contributed by atoms with Crippen LogP contribution in [0.4, 0.5) is 4.79 Å². The summed E-state index contributed by atoms with van der Waals surface area (Å²) in [4.78, 5) is 13.8. The normalized spacial score (nSPS) is 21.1. The molecular formula is C15H30N2O2S. The van der Waals surface area contributed by atoms with E-state index >= 15 is 0 Å². The highest BCUT2D eigenvalue weighted by atomic mass is 32.2. The Morgan fingerprint density at radius 3 is 2.80 bits per heavy atom. The van der Waals surface area contributed by atoms with E-state index in [0.29, 0.717) is 12.1 Å². The number of hydrogen-bond acceptors (Lipinski definition) is 4. The molecular weight excluding hydrogens is 272 g/mol. The molecule has 5 heteroatoms. The van der Waals surface area contributed by atoms with Gasteiger partial charge in [0.1, 0.15) is 5.60 Å². The fourth-order valence-electron chi connectivity index (χ4n) is 2.28. The molecule has 1 fully saturated rings. The number of hydrogen-bond donors (Lipinski definition) is 1. The molecule has 0 radical (unpaired) electrons. The lowest BCUT2D eigenvalue weighted by molar-refractivity contribution is 0.0290. The SMILES string of the molecule is CCSCCC(C)NC1CCN(C(=O)OC(C)(C)C)C1. The molecule has 2 atom stereocenters. The third kappa shape index (κ3) is 6.84. The zero-order valence-electron chi connectivity index (χ0n) is 13.6. The van der Waals surface area contributed by atoms with Gasteiger partial charge in [-0.1, -0.05) is 6.92 Å². The van der Waals surface area contributed by atoms with Crippen LogP contribution in [-0.4, -0.2) is 53.3 Å². The van der Waals surface area contributed by atoms with Crippen molar-refractivity contribution in [3.63, 3.8) is 0 Å². The number of rotatable bonds is 6. The van der Waals surface area contributed by atoms with Crippen molar-refractivity contribution in [2.75, 3.05) is 24.6 Å². The molecule has 1 aliphatic heterocycles. The van der Waals surface area contributed by atoms with Crippen LogP contribution >= 0.6 is 11.8 Å². The van der Waals surface area contributed by atoms with Crippen LogP contribution in [0.25, 0.3) is 0 Å². The summed E-state index contributed by atoms with van der Waals surface area (Å²) in [6.45, 7) is 11.7. The maximum absolute atomic E-state index is 12.0. The van der Waals surface area contributed by atoms with Crippen LogP contribution in [0.1, 0.15) is 47.5 Å². The van der Waals surface area contributed by atoms with Gasteiger partial charge in [0.15, 0.2) is 0 Å². The second-order valence-electron chi connectivity index (χ2n) is 6.47. The van der Waals surface area contributed by atoms with Crippen molar-refractivity contribution < 1.29 is 9.53 Å². The van der Waals surface area contributed by atoms with Crippen LogP contribution in [0, 0.1) is 0 Å². The summed E-state index contributed by atoms with van der Waals surface area (Å²) < 4.78 is 5.41. The van der Waals surface area contributed by atoms with Crippen molar-refractivity contribution in [3.05, 3.63) is 0 Å². The van der Waals surface area contributed by atoms with E-state index in [4.69, 9.17) is 4.74 Å². The number of nitrogens with one attached hydrogen (secondary N) is 1. The minimum atomic E-state index is -0.409. The lowest BCUT2D eigenvalue weighted by Gasteiger charge is -2.25. The van der Waals surface area contributed by atoms with E-state index in [1.807, 2.05) is 37.4 Å². The second kappa shape index (κ2) is 8.13. The molecule has 1 saturated heterocycles. The Labute approximate surface area is 128 Å². The van der Waals surface area contributed by atoms with Gasteiger partial charge in [-0.25, -0.2) is 4.79 Å². The molecule has 0 bridgehead atoms. The van der Waals surface area contributed by atoms with Crippen molar-refractivity contribution in [1.29, 1.82) is 0 Å². The maximum Gasteiger partial charge on any atom is 0.410 e. The first-order valence-electron chi connectivity index (χ1n) is 7.63. The van der Waals surface area contributed by atoms with E-state index in [1.54, 1.807) is 0 Å². The largest absolute Gasteiger partial charge is 0.444 e. The summed E-state index contributed by atoms with van der Waals surface area (Å²) >= 11 is 1.98. The minimum Gasteiger partial charge on any atom is -0.444 e. The van der Waals surface area contributed by atoms with E-state index in [9.17, 15) is 4.79 Å². The van der Waals surface area contributed by atoms with Gasteiger partial charge in [0.05, 0.1) is 0 Å². The Hall–Kier alpha value is -0.420. The van der Waals surface area contributed by atoms with Crippen LogP contribution in [0.3, 0.4) is 0 Å². The summed E-state index contributed by atoms with van der Waals surface area (Å²) in [5.74, 6) is 2.38. The van der Waals surface area contributed by atoms with Gasteiger partial charge in [-0.2, -0.15) is 11.8 Å². The van der Waals surface area contributed by atoms with Gasteiger partial charge in [0, 0.05) is 25.2 Å². The minimum absolute atomic E-state index is 0.184. The van der Waals surface area contributed by atoms with Gasteiger partial charge in [-0.05, 0) is 52.0 Å². The fraction of sp³-hybridized carbons (Fsp3) is 0.933. The van der Waals surface area contributed by atoms with Crippen molar-refractivity contribution in [2.45, 2.75) is 65.1 Å². The molecule has 0 aromatic rings. The van der Waals surface area contributed by atoms with Gasteiger partial charge >= 0.3 is 6.09 Å². The number of amides is 1. The predicted octanol–water partition coefficient (Wildman–Crippen LogP) is 3.12. The number of ether oxygens (including phenoxy) is 1. The fourth-order valence-corrected chi connectivity index (χ4v) is 3.09. The van der Waals surface area contributed by atoms with Crippen LogP contribution in [0.5, 0.6) is 0 Å². The molecule has 1 heterocycles. The molecule has 1 rings (SSSR count). The van der Waals surface area contributed by atoms with Crippen LogP contribution < -0.4 is 5.32 Å². The Balaban J connectivity index is 2.27. The molecule has 1 N–H and O–H groups in total. The number of likely N-dealkylation sites (tertiary alicyclic amines) is 1. The number of carbonyl (C=O) groups is 1. The van der Waals surface area contributed by atoms with Gasteiger partial charge in [-0.15, -0.1) is 0 Å². The predicted molar refractivity (Wildman–Crippen MR) is 86.4 cm³/mol. The number of nitrogens with zero attached hydrogens (tertiary/aromatic N) is 1. The average molecular weight is 302 g/mol. The molecule has 0 aromatic heterocycles. The third-order valence-corrected chi connectivity index (χ3v) is 4.19. The number of carbonyl (C=O) groups excluding carboxylic acids is 1. The summed E-state index contributed by atoms with van der Waals surface area (Å²) in [6, 6.07) is 0.918. The first kappa shape index (κ1) is 17.6. The molecule has 118 valence electrons. The molecule has 20 heavy (non-hydrogen) atoms. The Morgan fingerprint density at radius 1 is 1.50 bits per heavy atom. The Morgan fingerprint density at radius 2 is 2.20 bits per heavy atom. The highest BCUT2D eigenvalue weighted by molar-refractivity contribution is 7.99. The van der Waals surface area contributed by atoms with Gasteiger partial charge in [0.25, 0.3) is 0 Å².